The van der Waals surface area contributed by atoms with Crippen LogP contribution in [0.3, 0.4) is 0 Å². The van der Waals surface area contributed by atoms with E-state index in [9.17, 15) is 4.79 Å². The van der Waals surface area contributed by atoms with Crippen molar-refractivity contribution in [3.8, 4) is 0 Å². The molecule has 4 heteroatoms. The Kier molecular flexibility index (Phi) is 6.28. The number of esters is 1. The molecule has 0 radical (unpaired) electrons. The Morgan fingerprint density at radius 1 is 1.56 bits per heavy atom. The predicted octanol–water partition coefficient (Wildman–Crippen LogP) is 1.79. The molecular formula is C5H8I2O2. The summed E-state index contributed by atoms with van der Waals surface area (Å²) in [6, 6.07) is 0. The third-order valence-electron chi connectivity index (χ3n) is 0.677. The number of hydrogen-bond acceptors (Lipinski definition) is 2. The Hall–Kier alpha value is 0.930. The SMILES string of the molecule is CC(=O)OC(CI)CI. The van der Waals surface area contributed by atoms with E-state index in [1.165, 1.54) is 6.92 Å². The fourth-order valence-electron chi connectivity index (χ4n) is 0.339. The topological polar surface area (TPSA) is 26.3 Å². The normalized spacial score (nSPS) is 9.78. The molecule has 0 aliphatic heterocycles. The predicted molar refractivity (Wildman–Crippen MR) is 53.3 cm³/mol. The van der Waals surface area contributed by atoms with Gasteiger partial charge in [-0.3, -0.25) is 4.79 Å². The molecule has 2 nitrogen and oxygen atoms in total. The van der Waals surface area contributed by atoms with E-state index in [0.717, 1.165) is 8.86 Å². The van der Waals surface area contributed by atoms with Crippen molar-refractivity contribution in [2.45, 2.75) is 13.0 Å². The van der Waals surface area contributed by atoms with Gasteiger partial charge in [-0.1, -0.05) is 45.2 Å². The van der Waals surface area contributed by atoms with Gasteiger partial charge in [0.05, 0.1) is 0 Å². The van der Waals surface area contributed by atoms with Gasteiger partial charge in [-0.2, -0.15) is 0 Å². The third-order valence-corrected chi connectivity index (χ3v) is 2.64. The van der Waals surface area contributed by atoms with E-state index < -0.39 is 0 Å². The fourth-order valence-corrected chi connectivity index (χ4v) is 2.51. The van der Waals surface area contributed by atoms with Gasteiger partial charge in [0, 0.05) is 15.8 Å². The highest BCUT2D eigenvalue weighted by Crippen LogP contribution is 2.01. The molecule has 0 heterocycles. The molecule has 0 aromatic rings. The Labute approximate surface area is 82.0 Å². The van der Waals surface area contributed by atoms with E-state index in [2.05, 4.69) is 45.2 Å². The Morgan fingerprint density at radius 2 is 2.00 bits per heavy atom. The second-order valence-electron chi connectivity index (χ2n) is 1.54. The van der Waals surface area contributed by atoms with Crippen LogP contribution in [0.25, 0.3) is 0 Å². The van der Waals surface area contributed by atoms with Crippen molar-refractivity contribution in [1.82, 2.24) is 0 Å². The summed E-state index contributed by atoms with van der Waals surface area (Å²) in [5, 5.41) is 0. The van der Waals surface area contributed by atoms with E-state index in [4.69, 9.17) is 4.74 Å². The maximum Gasteiger partial charge on any atom is 0.302 e. The minimum Gasteiger partial charge on any atom is -0.461 e. The first-order valence-corrected chi connectivity index (χ1v) is 5.55. The third kappa shape index (κ3) is 5.38. The van der Waals surface area contributed by atoms with Crippen molar-refractivity contribution in [2.75, 3.05) is 8.86 Å². The van der Waals surface area contributed by atoms with Gasteiger partial charge >= 0.3 is 5.97 Å². The second kappa shape index (κ2) is 5.70. The summed E-state index contributed by atoms with van der Waals surface area (Å²) in [7, 11) is 0. The Bertz CT molecular complexity index is 91.0. The van der Waals surface area contributed by atoms with E-state index in [0.29, 0.717) is 0 Å². The molecule has 0 aromatic heterocycles. The molecule has 0 saturated carbocycles. The molecule has 0 aliphatic rings. The van der Waals surface area contributed by atoms with E-state index in [1.54, 1.807) is 0 Å². The molecule has 0 bridgehead atoms. The molecule has 0 aliphatic carbocycles. The molecule has 0 spiro atoms. The molecule has 54 valence electrons. The summed E-state index contributed by atoms with van der Waals surface area (Å²) in [4.78, 5) is 10.3. The summed E-state index contributed by atoms with van der Waals surface area (Å²) in [5.74, 6) is -0.187. The summed E-state index contributed by atoms with van der Waals surface area (Å²) >= 11 is 4.40. The lowest BCUT2D eigenvalue weighted by Crippen LogP contribution is -2.18. The number of carbonyl (C=O) groups excluding carboxylic acids is 1. The number of hydrogen-bond donors (Lipinski definition) is 0. The van der Waals surface area contributed by atoms with Gasteiger partial charge in [0.2, 0.25) is 0 Å². The summed E-state index contributed by atoms with van der Waals surface area (Å²) in [6.45, 7) is 1.44. The van der Waals surface area contributed by atoms with E-state index >= 15 is 0 Å². The van der Waals surface area contributed by atoms with Crippen LogP contribution < -0.4 is 0 Å². The van der Waals surface area contributed by atoms with Crippen LogP contribution in [0, 0.1) is 0 Å². The van der Waals surface area contributed by atoms with E-state index in [-0.39, 0.29) is 12.1 Å². The quantitative estimate of drug-likeness (QED) is 0.439. The van der Waals surface area contributed by atoms with Crippen LogP contribution in [-0.2, 0) is 9.53 Å². The van der Waals surface area contributed by atoms with E-state index in [1.807, 2.05) is 0 Å². The first kappa shape index (κ1) is 9.93. The average Bonchev–Trinajstić information content (AvgIpc) is 1.82. The van der Waals surface area contributed by atoms with Gasteiger partial charge in [0.1, 0.15) is 6.10 Å². The Morgan fingerprint density at radius 3 is 2.11 bits per heavy atom. The first-order chi connectivity index (χ1) is 4.20. The highest BCUT2D eigenvalue weighted by atomic mass is 127. The molecule has 0 amide bonds. The molecule has 0 aromatic carbocycles. The number of carbonyl (C=O) groups is 1. The van der Waals surface area contributed by atoms with Crippen LogP contribution in [0.5, 0.6) is 0 Å². The van der Waals surface area contributed by atoms with Crippen LogP contribution in [0.4, 0.5) is 0 Å². The molecule has 0 fully saturated rings. The number of halogens is 2. The minimum absolute atomic E-state index is 0.101. The summed E-state index contributed by atoms with van der Waals surface area (Å²) < 4.78 is 6.65. The van der Waals surface area contributed by atoms with Crippen molar-refractivity contribution in [3.05, 3.63) is 0 Å². The van der Waals surface area contributed by atoms with Gasteiger partial charge in [-0.25, -0.2) is 0 Å². The molecular weight excluding hydrogens is 346 g/mol. The summed E-state index contributed by atoms with van der Waals surface area (Å²) in [5.41, 5.74) is 0. The van der Waals surface area contributed by atoms with Gasteiger partial charge < -0.3 is 4.74 Å². The first-order valence-electron chi connectivity index (χ1n) is 2.49. The lowest BCUT2D eigenvalue weighted by molar-refractivity contribution is -0.143. The van der Waals surface area contributed by atoms with Crippen LogP contribution in [0.15, 0.2) is 0 Å². The standard InChI is InChI=1S/C5H8I2O2/c1-4(8)9-5(2-6)3-7/h5H,2-3H2,1H3. The molecule has 9 heavy (non-hydrogen) atoms. The molecule has 0 unspecified atom stereocenters. The van der Waals surface area contributed by atoms with Crippen LogP contribution in [0.1, 0.15) is 6.92 Å². The number of rotatable bonds is 3. The average molecular weight is 354 g/mol. The smallest absolute Gasteiger partial charge is 0.302 e. The second-order valence-corrected chi connectivity index (χ2v) is 3.30. The van der Waals surface area contributed by atoms with Crippen LogP contribution in [-0.4, -0.2) is 20.9 Å². The molecule has 0 atom stereocenters. The molecule has 0 rings (SSSR count). The molecule has 0 N–H and O–H groups in total. The van der Waals surface area contributed by atoms with Crippen LogP contribution in [0.2, 0.25) is 0 Å². The van der Waals surface area contributed by atoms with Crippen molar-refractivity contribution in [3.63, 3.8) is 0 Å². The largest absolute Gasteiger partial charge is 0.461 e. The fraction of sp³-hybridized carbons (Fsp3) is 0.800. The maximum absolute atomic E-state index is 10.3. The van der Waals surface area contributed by atoms with Gasteiger partial charge in [-0.05, 0) is 0 Å². The van der Waals surface area contributed by atoms with Gasteiger partial charge in [0.25, 0.3) is 0 Å². The summed E-state index contributed by atoms with van der Waals surface area (Å²) in [6.07, 6.45) is 0.101. The number of alkyl halides is 2. The zero-order chi connectivity index (χ0) is 7.28. The van der Waals surface area contributed by atoms with Gasteiger partial charge in [-0.15, -0.1) is 0 Å². The van der Waals surface area contributed by atoms with Crippen molar-refractivity contribution < 1.29 is 9.53 Å². The van der Waals surface area contributed by atoms with Crippen molar-refractivity contribution in [2.24, 2.45) is 0 Å². The van der Waals surface area contributed by atoms with Crippen molar-refractivity contribution >= 4 is 51.2 Å². The lowest BCUT2D eigenvalue weighted by atomic mass is 10.5. The zero-order valence-electron chi connectivity index (χ0n) is 5.06. The lowest BCUT2D eigenvalue weighted by Gasteiger charge is -2.09. The monoisotopic (exact) mass is 354 g/mol. The maximum atomic E-state index is 10.3. The number of ether oxygens (including phenoxy) is 1. The Balaban J connectivity index is 3.43. The highest BCUT2D eigenvalue weighted by Gasteiger charge is 2.06. The van der Waals surface area contributed by atoms with Crippen molar-refractivity contribution in [1.29, 1.82) is 0 Å². The highest BCUT2D eigenvalue weighted by molar-refractivity contribution is 14.1. The van der Waals surface area contributed by atoms with Gasteiger partial charge in [0.15, 0.2) is 0 Å². The minimum atomic E-state index is -0.187. The zero-order valence-corrected chi connectivity index (χ0v) is 9.38. The van der Waals surface area contributed by atoms with Crippen LogP contribution >= 0.6 is 45.2 Å². The molecule has 0 saturated heterocycles.